The molecule has 1 heterocycles. The molecule has 148 valence electrons. The number of para-hydroxylation sites is 1. The van der Waals surface area contributed by atoms with Gasteiger partial charge in [-0.25, -0.2) is 8.42 Å². The maximum Gasteiger partial charge on any atom is 0.405 e. The van der Waals surface area contributed by atoms with Crippen molar-refractivity contribution in [1.82, 2.24) is 9.71 Å². The molecular weight excluding hydrogens is 392 g/mol. The molecule has 2 N–H and O–H groups in total. The molecule has 0 saturated heterocycles. The van der Waals surface area contributed by atoms with Crippen LogP contribution in [0, 0.1) is 0 Å². The van der Waals surface area contributed by atoms with Crippen LogP contribution < -0.4 is 14.9 Å². The van der Waals surface area contributed by atoms with Gasteiger partial charge in [-0.3, -0.25) is 0 Å². The summed E-state index contributed by atoms with van der Waals surface area (Å²) in [5, 5.41) is 0.615. The first kappa shape index (κ1) is 20.3. The lowest BCUT2D eigenvalue weighted by atomic mass is 9.97. The van der Waals surface area contributed by atoms with Crippen LogP contribution in [0.4, 0.5) is 13.2 Å². The number of rotatable bonds is 6. The summed E-state index contributed by atoms with van der Waals surface area (Å²) in [4.78, 5) is 2.57. The minimum atomic E-state index is -4.78. The number of hydrogen-bond acceptors (Lipinski definition) is 3. The predicted molar refractivity (Wildman–Crippen MR) is 103 cm³/mol. The standard InChI is InChI=1S/C18H18BF3N2O3S/c1-27-15-7-6-12(19)9-16(15)28(25,26)24-17(18(20,21)22)8-11-10-23-14-5-3-2-4-13(11)14/h2-7,9-10,17,23-24H,8,19H2,1H3. The van der Waals surface area contributed by atoms with Gasteiger partial charge in [0.2, 0.25) is 10.0 Å². The Morgan fingerprint density at radius 1 is 1.21 bits per heavy atom. The van der Waals surface area contributed by atoms with E-state index in [1.807, 2.05) is 4.72 Å². The Morgan fingerprint density at radius 3 is 2.61 bits per heavy atom. The molecule has 28 heavy (non-hydrogen) atoms. The molecule has 0 saturated carbocycles. The van der Waals surface area contributed by atoms with E-state index in [2.05, 4.69) is 4.98 Å². The Labute approximate surface area is 161 Å². The van der Waals surface area contributed by atoms with Gasteiger partial charge >= 0.3 is 6.18 Å². The minimum Gasteiger partial charge on any atom is -0.495 e. The van der Waals surface area contributed by atoms with E-state index in [1.165, 1.54) is 25.4 Å². The maximum absolute atomic E-state index is 13.7. The van der Waals surface area contributed by atoms with Crippen LogP contribution in [0.5, 0.6) is 5.75 Å². The topological polar surface area (TPSA) is 71.2 Å². The van der Waals surface area contributed by atoms with Crippen LogP contribution in [0.1, 0.15) is 5.56 Å². The number of nitrogens with one attached hydrogen (secondary N) is 2. The van der Waals surface area contributed by atoms with Crippen LogP contribution >= 0.6 is 0 Å². The second-order valence-electron chi connectivity index (χ2n) is 6.43. The number of alkyl halides is 3. The Kier molecular flexibility index (Phi) is 5.45. The Balaban J connectivity index is 1.96. The van der Waals surface area contributed by atoms with Crippen molar-refractivity contribution in [2.24, 2.45) is 0 Å². The zero-order chi connectivity index (χ0) is 20.5. The molecule has 2 aromatic carbocycles. The van der Waals surface area contributed by atoms with Crippen LogP contribution in [-0.4, -0.2) is 40.6 Å². The minimum absolute atomic E-state index is 0.0221. The van der Waals surface area contributed by atoms with Gasteiger partial charge in [-0.05, 0) is 30.2 Å². The van der Waals surface area contributed by atoms with Gasteiger partial charge < -0.3 is 9.72 Å². The molecule has 0 amide bonds. The van der Waals surface area contributed by atoms with Crippen molar-refractivity contribution in [3.8, 4) is 5.75 Å². The lowest BCUT2D eigenvalue weighted by Gasteiger charge is -2.22. The highest BCUT2D eigenvalue weighted by Gasteiger charge is 2.43. The van der Waals surface area contributed by atoms with Crippen molar-refractivity contribution in [3.05, 3.63) is 54.2 Å². The fraction of sp³-hybridized carbons (Fsp3) is 0.222. The highest BCUT2D eigenvalue weighted by atomic mass is 32.2. The lowest BCUT2D eigenvalue weighted by molar-refractivity contribution is -0.150. The van der Waals surface area contributed by atoms with Crippen LogP contribution in [0.25, 0.3) is 10.9 Å². The van der Waals surface area contributed by atoms with Gasteiger partial charge in [0.15, 0.2) is 0 Å². The van der Waals surface area contributed by atoms with Crippen LogP contribution in [0.15, 0.2) is 53.6 Å². The van der Waals surface area contributed by atoms with E-state index >= 15 is 0 Å². The maximum atomic E-state index is 13.7. The largest absolute Gasteiger partial charge is 0.495 e. The monoisotopic (exact) mass is 410 g/mol. The van der Waals surface area contributed by atoms with Crippen molar-refractivity contribution < 1.29 is 26.3 Å². The van der Waals surface area contributed by atoms with E-state index in [0.717, 1.165) is 0 Å². The zero-order valence-electron chi connectivity index (χ0n) is 15.2. The van der Waals surface area contributed by atoms with Gasteiger partial charge in [-0.2, -0.15) is 17.9 Å². The first-order valence-corrected chi connectivity index (χ1v) is 9.89. The van der Waals surface area contributed by atoms with Crippen LogP contribution in [0.3, 0.4) is 0 Å². The fourth-order valence-electron chi connectivity index (χ4n) is 2.99. The summed E-state index contributed by atoms with van der Waals surface area (Å²) in [5.41, 5.74) is 1.64. The molecule has 0 radical (unpaired) electrons. The number of methoxy groups -OCH3 is 1. The third kappa shape index (κ3) is 4.17. The summed E-state index contributed by atoms with van der Waals surface area (Å²) in [7, 11) is -1.56. The smallest absolute Gasteiger partial charge is 0.405 e. The summed E-state index contributed by atoms with van der Waals surface area (Å²) in [6.07, 6.45) is -3.85. The molecule has 1 aromatic heterocycles. The normalized spacial score (nSPS) is 13.6. The number of ether oxygens (including phenoxy) is 1. The molecule has 1 unspecified atom stereocenters. The average molecular weight is 410 g/mol. The van der Waals surface area contributed by atoms with Crippen molar-refractivity contribution in [2.75, 3.05) is 7.11 Å². The lowest BCUT2D eigenvalue weighted by Crippen LogP contribution is -2.46. The van der Waals surface area contributed by atoms with Gasteiger partial charge in [-0.15, -0.1) is 0 Å². The molecule has 1 atom stereocenters. The molecule has 0 aliphatic heterocycles. The van der Waals surface area contributed by atoms with E-state index in [9.17, 15) is 21.6 Å². The SMILES string of the molecule is Bc1ccc(OC)c(S(=O)(=O)NC(Cc2c[nH]c3ccccc23)C(F)(F)F)c1. The summed E-state index contributed by atoms with van der Waals surface area (Å²) < 4.78 is 73.2. The number of benzene rings is 2. The van der Waals surface area contributed by atoms with E-state index in [4.69, 9.17) is 4.74 Å². The molecule has 0 aliphatic carbocycles. The van der Waals surface area contributed by atoms with E-state index in [-0.39, 0.29) is 10.6 Å². The zero-order valence-corrected chi connectivity index (χ0v) is 16.0. The van der Waals surface area contributed by atoms with Gasteiger partial charge in [0.05, 0.1) is 7.11 Å². The Bertz CT molecular complexity index is 1100. The number of fused-ring (bicyclic) bond motifs is 1. The fourth-order valence-corrected chi connectivity index (χ4v) is 4.47. The summed E-state index contributed by atoms with van der Waals surface area (Å²) in [5.74, 6) is -0.0221. The molecule has 10 heteroatoms. The molecular formula is C18H18BF3N2O3S. The second-order valence-corrected chi connectivity index (χ2v) is 8.12. The van der Waals surface area contributed by atoms with Gasteiger partial charge in [0, 0.05) is 17.1 Å². The van der Waals surface area contributed by atoms with E-state index < -0.39 is 28.7 Å². The van der Waals surface area contributed by atoms with E-state index in [0.29, 0.717) is 21.9 Å². The van der Waals surface area contributed by atoms with Gasteiger partial charge in [0.1, 0.15) is 24.5 Å². The molecule has 3 rings (SSSR count). The number of aromatic nitrogens is 1. The third-order valence-electron chi connectivity index (χ3n) is 4.40. The van der Waals surface area contributed by atoms with Crippen molar-refractivity contribution in [3.63, 3.8) is 0 Å². The highest BCUT2D eigenvalue weighted by molar-refractivity contribution is 7.89. The molecule has 0 fully saturated rings. The molecule has 0 bridgehead atoms. The first-order valence-electron chi connectivity index (χ1n) is 8.40. The van der Waals surface area contributed by atoms with Crippen LogP contribution in [0.2, 0.25) is 0 Å². The summed E-state index contributed by atoms with van der Waals surface area (Å²) in [6, 6.07) is 8.91. The summed E-state index contributed by atoms with van der Waals surface area (Å²) in [6.45, 7) is 0. The second kappa shape index (κ2) is 7.52. The Morgan fingerprint density at radius 2 is 1.93 bits per heavy atom. The molecule has 5 nitrogen and oxygen atoms in total. The number of aromatic amines is 1. The third-order valence-corrected chi connectivity index (χ3v) is 5.89. The van der Waals surface area contributed by atoms with Gasteiger partial charge in [-0.1, -0.05) is 29.7 Å². The summed E-state index contributed by atoms with van der Waals surface area (Å²) >= 11 is 0. The van der Waals surface area contributed by atoms with Crippen LogP contribution in [-0.2, 0) is 16.4 Å². The van der Waals surface area contributed by atoms with Crippen molar-refractivity contribution in [1.29, 1.82) is 0 Å². The quantitative estimate of drug-likeness (QED) is 0.610. The van der Waals surface area contributed by atoms with Gasteiger partial charge in [0.25, 0.3) is 0 Å². The van der Waals surface area contributed by atoms with E-state index in [1.54, 1.807) is 38.2 Å². The number of hydrogen-bond donors (Lipinski definition) is 2. The van der Waals surface area contributed by atoms with Crippen molar-refractivity contribution >= 4 is 34.2 Å². The Hall–Kier alpha value is -2.46. The molecule has 0 spiro atoms. The number of halogens is 3. The molecule has 0 aliphatic rings. The van der Waals surface area contributed by atoms with Crippen molar-refractivity contribution in [2.45, 2.75) is 23.5 Å². The number of H-pyrrole nitrogens is 1. The average Bonchev–Trinajstić information content (AvgIpc) is 3.03. The highest BCUT2D eigenvalue weighted by Crippen LogP contribution is 2.29. The molecule has 3 aromatic rings. The first-order chi connectivity index (χ1) is 13.1. The number of sulfonamides is 1. The predicted octanol–water partition coefficient (Wildman–Crippen LogP) is 1.89.